The Morgan fingerprint density at radius 2 is 2.50 bits per heavy atom. The lowest BCUT2D eigenvalue weighted by Gasteiger charge is -2.07. The van der Waals surface area contributed by atoms with E-state index in [0.717, 1.165) is 24.6 Å². The molecule has 58 valence electrons. The highest BCUT2D eigenvalue weighted by molar-refractivity contribution is 7.92. The van der Waals surface area contributed by atoms with Gasteiger partial charge in [-0.3, -0.25) is 0 Å². The Labute approximate surface area is 66.6 Å². The van der Waals surface area contributed by atoms with Crippen molar-refractivity contribution in [1.29, 1.82) is 0 Å². The second-order valence-corrected chi connectivity index (χ2v) is 6.70. The molecule has 0 saturated heterocycles. The summed E-state index contributed by atoms with van der Waals surface area (Å²) in [6.45, 7) is -0.506. The van der Waals surface area contributed by atoms with Gasteiger partial charge in [0.25, 0.3) is 0 Å². The summed E-state index contributed by atoms with van der Waals surface area (Å²) in [5.74, 6) is 0. The third kappa shape index (κ3) is 1.65. The van der Waals surface area contributed by atoms with Crippen LogP contribution >= 0.6 is 17.7 Å². The molecule has 0 aromatic rings. The fraction of sp³-hybridized carbons (Fsp3) is 0.714. The summed E-state index contributed by atoms with van der Waals surface area (Å²) in [7, 11) is 0. The lowest BCUT2D eigenvalue weighted by molar-refractivity contribution is 0.587. The molecular weight excluding hydrogens is 167 g/mol. The summed E-state index contributed by atoms with van der Waals surface area (Å²) in [4.78, 5) is 0. The largest absolute Gasteiger partial charge is 0.302 e. The molecule has 1 unspecified atom stereocenters. The number of allylic oxidation sites excluding steroid dienone is 2. The molecule has 1 aliphatic rings. The fourth-order valence-corrected chi connectivity index (χ4v) is 2.92. The van der Waals surface area contributed by atoms with E-state index < -0.39 is 6.49 Å². The molecule has 0 saturated carbocycles. The van der Waals surface area contributed by atoms with E-state index in [-0.39, 0.29) is 0 Å². The average Bonchev–Trinajstić information content (AvgIpc) is 2.38. The minimum Gasteiger partial charge on any atom is -0.302 e. The Kier molecular flexibility index (Phi) is 2.60. The smallest absolute Gasteiger partial charge is 0.193 e. The molecular formula is C7H12ClOP. The summed E-state index contributed by atoms with van der Waals surface area (Å²) < 4.78 is 11.5. The standard InChI is InChI=1S/C7H12ClOP/c1-2-10(8,9)7-5-3-4-6-7/h5H,2-4,6H2,1H3. The molecule has 10 heavy (non-hydrogen) atoms. The zero-order valence-electron chi connectivity index (χ0n) is 6.14. The van der Waals surface area contributed by atoms with Crippen LogP contribution in [0.2, 0.25) is 0 Å². The second-order valence-electron chi connectivity index (χ2n) is 2.56. The maximum absolute atomic E-state index is 11.5. The van der Waals surface area contributed by atoms with E-state index >= 15 is 0 Å². The Morgan fingerprint density at radius 3 is 2.90 bits per heavy atom. The van der Waals surface area contributed by atoms with Crippen molar-refractivity contribution in [3.05, 3.63) is 11.4 Å². The van der Waals surface area contributed by atoms with E-state index in [2.05, 4.69) is 0 Å². The summed E-state index contributed by atoms with van der Waals surface area (Å²) in [5.41, 5.74) is 0. The van der Waals surface area contributed by atoms with Gasteiger partial charge in [0, 0.05) is 6.16 Å². The molecule has 1 nitrogen and oxygen atoms in total. The van der Waals surface area contributed by atoms with Crippen LogP contribution in [0.25, 0.3) is 0 Å². The molecule has 0 aromatic heterocycles. The van der Waals surface area contributed by atoms with E-state index in [4.69, 9.17) is 11.2 Å². The topological polar surface area (TPSA) is 17.1 Å². The van der Waals surface area contributed by atoms with Gasteiger partial charge in [0.2, 0.25) is 0 Å². The fourth-order valence-electron chi connectivity index (χ4n) is 1.16. The Balaban J connectivity index is 2.72. The lowest BCUT2D eigenvalue weighted by Crippen LogP contribution is -1.79. The first-order chi connectivity index (χ1) is 4.67. The van der Waals surface area contributed by atoms with Crippen LogP contribution in [0, 0.1) is 0 Å². The van der Waals surface area contributed by atoms with Crippen molar-refractivity contribution in [3.8, 4) is 0 Å². The van der Waals surface area contributed by atoms with E-state index in [9.17, 15) is 4.57 Å². The second kappa shape index (κ2) is 3.11. The Hall–Kier alpha value is 0.260. The molecule has 0 bridgehead atoms. The molecule has 1 rings (SSSR count). The van der Waals surface area contributed by atoms with E-state index in [1.54, 1.807) is 0 Å². The van der Waals surface area contributed by atoms with Gasteiger partial charge in [-0.05, 0) is 35.8 Å². The van der Waals surface area contributed by atoms with Gasteiger partial charge >= 0.3 is 0 Å². The van der Waals surface area contributed by atoms with Crippen molar-refractivity contribution in [2.75, 3.05) is 6.16 Å². The van der Waals surface area contributed by atoms with Crippen molar-refractivity contribution in [3.63, 3.8) is 0 Å². The third-order valence-electron chi connectivity index (χ3n) is 1.85. The number of rotatable bonds is 2. The highest BCUT2D eigenvalue weighted by Crippen LogP contribution is 2.61. The van der Waals surface area contributed by atoms with Crippen LogP contribution < -0.4 is 0 Å². The normalized spacial score (nSPS) is 24.0. The van der Waals surface area contributed by atoms with Crippen molar-refractivity contribution in [1.82, 2.24) is 0 Å². The minimum absolute atomic E-state index is 0.598. The predicted molar refractivity (Wildman–Crippen MR) is 45.9 cm³/mol. The van der Waals surface area contributed by atoms with Crippen LogP contribution in [-0.2, 0) is 4.57 Å². The molecule has 0 heterocycles. The molecule has 1 aliphatic carbocycles. The first kappa shape index (κ1) is 8.36. The van der Waals surface area contributed by atoms with Crippen LogP contribution in [0.5, 0.6) is 0 Å². The number of halogens is 1. The molecule has 0 spiro atoms. The zero-order chi connectivity index (χ0) is 7.61. The molecule has 1 atom stereocenters. The van der Waals surface area contributed by atoms with Crippen LogP contribution in [-0.4, -0.2) is 6.16 Å². The van der Waals surface area contributed by atoms with E-state index in [1.165, 1.54) is 0 Å². The van der Waals surface area contributed by atoms with Crippen molar-refractivity contribution in [2.24, 2.45) is 0 Å². The van der Waals surface area contributed by atoms with Crippen LogP contribution in [0.1, 0.15) is 26.2 Å². The first-order valence-corrected chi connectivity index (χ1v) is 6.45. The Bertz CT molecular complexity index is 198. The van der Waals surface area contributed by atoms with Crippen molar-refractivity contribution in [2.45, 2.75) is 26.2 Å². The van der Waals surface area contributed by atoms with E-state index in [0.29, 0.717) is 6.16 Å². The van der Waals surface area contributed by atoms with Gasteiger partial charge in [-0.2, -0.15) is 0 Å². The highest BCUT2D eigenvalue weighted by atomic mass is 35.7. The van der Waals surface area contributed by atoms with Gasteiger partial charge in [-0.25, -0.2) is 0 Å². The summed E-state index contributed by atoms with van der Waals surface area (Å²) in [5, 5.41) is 1.01. The molecule has 0 radical (unpaired) electrons. The maximum atomic E-state index is 11.5. The Morgan fingerprint density at radius 1 is 1.80 bits per heavy atom. The van der Waals surface area contributed by atoms with Crippen LogP contribution in [0.3, 0.4) is 0 Å². The van der Waals surface area contributed by atoms with Gasteiger partial charge in [-0.1, -0.05) is 13.0 Å². The lowest BCUT2D eigenvalue weighted by atomic mass is 10.4. The first-order valence-electron chi connectivity index (χ1n) is 3.65. The van der Waals surface area contributed by atoms with Gasteiger partial charge in [0.05, 0.1) is 0 Å². The summed E-state index contributed by atoms with van der Waals surface area (Å²) in [6.07, 6.45) is 5.78. The monoisotopic (exact) mass is 178 g/mol. The molecule has 0 amide bonds. The van der Waals surface area contributed by atoms with Gasteiger partial charge in [0.1, 0.15) is 0 Å². The maximum Gasteiger partial charge on any atom is 0.193 e. The molecule has 3 heteroatoms. The number of hydrogen-bond donors (Lipinski definition) is 0. The minimum atomic E-state index is -2.39. The number of hydrogen-bond acceptors (Lipinski definition) is 1. The van der Waals surface area contributed by atoms with Crippen LogP contribution in [0.4, 0.5) is 0 Å². The molecule has 0 N–H and O–H groups in total. The molecule has 0 fully saturated rings. The average molecular weight is 179 g/mol. The summed E-state index contributed by atoms with van der Waals surface area (Å²) in [6, 6.07) is 0. The predicted octanol–water partition coefficient (Wildman–Crippen LogP) is 3.59. The third-order valence-corrected chi connectivity index (χ3v) is 5.30. The van der Waals surface area contributed by atoms with Crippen LogP contribution in [0.15, 0.2) is 11.4 Å². The van der Waals surface area contributed by atoms with E-state index in [1.807, 2.05) is 13.0 Å². The van der Waals surface area contributed by atoms with Crippen molar-refractivity contribution < 1.29 is 4.57 Å². The summed E-state index contributed by atoms with van der Waals surface area (Å²) >= 11 is 5.81. The van der Waals surface area contributed by atoms with Crippen molar-refractivity contribution >= 4 is 17.7 Å². The van der Waals surface area contributed by atoms with Gasteiger partial charge in [-0.15, -0.1) is 0 Å². The van der Waals surface area contributed by atoms with Gasteiger partial charge < -0.3 is 4.57 Å². The highest BCUT2D eigenvalue weighted by Gasteiger charge is 2.23. The molecule has 0 aromatic carbocycles. The zero-order valence-corrected chi connectivity index (χ0v) is 7.79. The molecule has 0 aliphatic heterocycles. The van der Waals surface area contributed by atoms with Gasteiger partial charge in [0.15, 0.2) is 6.49 Å². The quantitative estimate of drug-likeness (QED) is 0.591. The SMILES string of the molecule is CCP(=O)(Cl)C1=CCCC1.